The second kappa shape index (κ2) is 4.48. The van der Waals surface area contributed by atoms with E-state index < -0.39 is 5.41 Å². The van der Waals surface area contributed by atoms with E-state index >= 15 is 0 Å². The largest absolute Gasteiger partial charge is 0.395 e. The number of hydrogen-bond acceptors (Lipinski definition) is 4. The van der Waals surface area contributed by atoms with Crippen LogP contribution in [0.25, 0.3) is 11.3 Å². The fraction of sp³-hybridized carbons (Fsp3) is 0.286. The molecule has 2 aromatic rings. The second-order valence-electron chi connectivity index (χ2n) is 4.56. The lowest BCUT2D eigenvalue weighted by molar-refractivity contribution is -0.0883. The lowest BCUT2D eigenvalue weighted by atomic mass is 9.86. The Morgan fingerprint density at radius 2 is 1.94 bits per heavy atom. The van der Waals surface area contributed by atoms with Gasteiger partial charge in [0.25, 0.3) is 0 Å². The van der Waals surface area contributed by atoms with Crippen LogP contribution in [0.15, 0.2) is 42.6 Å². The average molecular weight is 242 g/mol. The summed E-state index contributed by atoms with van der Waals surface area (Å²) in [6.45, 7) is 0.995. The molecular formula is C14H14N2O2. The quantitative estimate of drug-likeness (QED) is 0.884. The topological polar surface area (TPSA) is 55.2 Å². The predicted molar refractivity (Wildman–Crippen MR) is 67.1 cm³/mol. The highest BCUT2D eigenvalue weighted by molar-refractivity contribution is 5.58. The van der Waals surface area contributed by atoms with Crippen molar-refractivity contribution in [2.24, 2.45) is 0 Å². The van der Waals surface area contributed by atoms with Gasteiger partial charge in [0, 0.05) is 11.8 Å². The van der Waals surface area contributed by atoms with E-state index in [0.717, 1.165) is 11.3 Å². The van der Waals surface area contributed by atoms with Crippen LogP contribution in [0.5, 0.6) is 0 Å². The summed E-state index contributed by atoms with van der Waals surface area (Å²) in [5.74, 6) is 0.664. The van der Waals surface area contributed by atoms with Gasteiger partial charge in [0.15, 0.2) is 0 Å². The third kappa shape index (κ3) is 1.79. The normalized spacial score (nSPS) is 17.2. The van der Waals surface area contributed by atoms with Crippen molar-refractivity contribution in [3.8, 4) is 11.3 Å². The van der Waals surface area contributed by atoms with Crippen LogP contribution in [0.1, 0.15) is 5.82 Å². The molecule has 1 N–H and O–H groups in total. The molecule has 0 unspecified atom stereocenters. The maximum absolute atomic E-state index is 9.49. The van der Waals surface area contributed by atoms with Crippen molar-refractivity contribution in [2.45, 2.75) is 5.41 Å². The third-order valence-corrected chi connectivity index (χ3v) is 3.26. The van der Waals surface area contributed by atoms with E-state index in [4.69, 9.17) is 4.74 Å². The molecule has 1 fully saturated rings. The molecule has 0 saturated carbocycles. The van der Waals surface area contributed by atoms with Crippen LogP contribution in [0, 0.1) is 0 Å². The van der Waals surface area contributed by atoms with Gasteiger partial charge >= 0.3 is 0 Å². The van der Waals surface area contributed by atoms with Gasteiger partial charge in [0.05, 0.1) is 30.9 Å². The minimum Gasteiger partial charge on any atom is -0.395 e. The van der Waals surface area contributed by atoms with Gasteiger partial charge in [0.1, 0.15) is 5.82 Å². The first-order chi connectivity index (χ1) is 8.84. The number of aromatic nitrogens is 2. The van der Waals surface area contributed by atoms with Gasteiger partial charge in [-0.05, 0) is 6.07 Å². The van der Waals surface area contributed by atoms with Crippen LogP contribution < -0.4 is 0 Å². The van der Waals surface area contributed by atoms with Gasteiger partial charge in [-0.3, -0.25) is 0 Å². The molecule has 0 spiro atoms. The zero-order chi connectivity index (χ0) is 12.4. The molecule has 18 heavy (non-hydrogen) atoms. The van der Waals surface area contributed by atoms with Gasteiger partial charge in [-0.15, -0.1) is 0 Å². The molecule has 1 aromatic heterocycles. The van der Waals surface area contributed by atoms with Crippen molar-refractivity contribution in [3.05, 3.63) is 48.4 Å². The zero-order valence-electron chi connectivity index (χ0n) is 9.91. The lowest BCUT2D eigenvalue weighted by Crippen LogP contribution is -2.50. The minimum atomic E-state index is -0.412. The molecule has 0 radical (unpaired) electrons. The molecule has 0 aliphatic carbocycles. The van der Waals surface area contributed by atoms with Crippen LogP contribution in [-0.2, 0) is 10.2 Å². The highest BCUT2D eigenvalue weighted by Crippen LogP contribution is 2.30. The summed E-state index contributed by atoms with van der Waals surface area (Å²) in [4.78, 5) is 8.84. The Morgan fingerprint density at radius 1 is 1.17 bits per heavy atom. The predicted octanol–water partition coefficient (Wildman–Crippen LogP) is 1.40. The van der Waals surface area contributed by atoms with E-state index in [1.54, 1.807) is 6.20 Å². The van der Waals surface area contributed by atoms with Crippen molar-refractivity contribution in [2.75, 3.05) is 19.8 Å². The summed E-state index contributed by atoms with van der Waals surface area (Å²) in [6, 6.07) is 11.8. The summed E-state index contributed by atoms with van der Waals surface area (Å²) in [7, 11) is 0. The summed E-state index contributed by atoms with van der Waals surface area (Å²) in [5, 5.41) is 9.49. The van der Waals surface area contributed by atoms with Crippen LogP contribution >= 0.6 is 0 Å². The van der Waals surface area contributed by atoms with Crippen molar-refractivity contribution in [3.63, 3.8) is 0 Å². The van der Waals surface area contributed by atoms with Crippen LogP contribution in [-0.4, -0.2) is 34.9 Å². The smallest absolute Gasteiger partial charge is 0.142 e. The van der Waals surface area contributed by atoms with E-state index in [9.17, 15) is 5.11 Å². The maximum atomic E-state index is 9.49. The summed E-state index contributed by atoms with van der Waals surface area (Å²) in [6.07, 6.45) is 1.74. The Balaban J connectivity index is 1.99. The number of ether oxygens (including phenoxy) is 1. The molecule has 2 heterocycles. The molecular weight excluding hydrogens is 228 g/mol. The van der Waals surface area contributed by atoms with E-state index in [1.165, 1.54) is 0 Å². The Kier molecular flexibility index (Phi) is 2.81. The molecule has 0 bridgehead atoms. The van der Waals surface area contributed by atoms with E-state index in [2.05, 4.69) is 9.97 Å². The Labute approximate surface area is 105 Å². The number of hydrogen-bond donors (Lipinski definition) is 1. The highest BCUT2D eigenvalue weighted by Gasteiger charge is 2.42. The SMILES string of the molecule is OCC1(c2nccc(-c3ccccc3)n2)COC1. The number of aliphatic hydroxyl groups excluding tert-OH is 1. The van der Waals surface area contributed by atoms with Gasteiger partial charge in [-0.2, -0.15) is 0 Å². The molecule has 1 aliphatic rings. The van der Waals surface area contributed by atoms with Crippen LogP contribution in [0.3, 0.4) is 0 Å². The fourth-order valence-electron chi connectivity index (χ4n) is 2.02. The molecule has 3 rings (SSSR count). The van der Waals surface area contributed by atoms with Crippen molar-refractivity contribution in [1.29, 1.82) is 0 Å². The van der Waals surface area contributed by atoms with Crippen molar-refractivity contribution in [1.82, 2.24) is 9.97 Å². The van der Waals surface area contributed by atoms with Crippen molar-refractivity contribution >= 4 is 0 Å². The van der Waals surface area contributed by atoms with E-state index in [-0.39, 0.29) is 6.61 Å². The van der Waals surface area contributed by atoms with Crippen LogP contribution in [0.4, 0.5) is 0 Å². The second-order valence-corrected chi connectivity index (χ2v) is 4.56. The lowest BCUT2D eigenvalue weighted by Gasteiger charge is -2.38. The monoisotopic (exact) mass is 242 g/mol. The Hall–Kier alpha value is -1.78. The average Bonchev–Trinajstić information content (AvgIpc) is 2.40. The molecule has 92 valence electrons. The van der Waals surface area contributed by atoms with Crippen molar-refractivity contribution < 1.29 is 9.84 Å². The van der Waals surface area contributed by atoms with E-state index in [0.29, 0.717) is 19.0 Å². The maximum Gasteiger partial charge on any atom is 0.142 e. The molecule has 4 heteroatoms. The number of aliphatic hydroxyl groups is 1. The molecule has 1 aliphatic heterocycles. The zero-order valence-corrected chi connectivity index (χ0v) is 9.91. The fourth-order valence-corrected chi connectivity index (χ4v) is 2.02. The minimum absolute atomic E-state index is 0.0191. The van der Waals surface area contributed by atoms with Gasteiger partial charge < -0.3 is 9.84 Å². The summed E-state index contributed by atoms with van der Waals surface area (Å²) < 4.78 is 5.19. The van der Waals surface area contributed by atoms with E-state index in [1.807, 2.05) is 36.4 Å². The molecule has 1 aromatic carbocycles. The molecule has 0 atom stereocenters. The standard InChI is InChI=1S/C14H14N2O2/c17-8-14(9-18-10-14)13-15-7-6-12(16-13)11-4-2-1-3-5-11/h1-7,17H,8-10H2. The number of benzene rings is 1. The third-order valence-electron chi connectivity index (χ3n) is 3.26. The first-order valence-electron chi connectivity index (χ1n) is 5.92. The molecule has 1 saturated heterocycles. The number of rotatable bonds is 3. The molecule has 4 nitrogen and oxygen atoms in total. The Bertz CT molecular complexity index is 533. The highest BCUT2D eigenvalue weighted by atomic mass is 16.5. The van der Waals surface area contributed by atoms with Gasteiger partial charge in [-0.25, -0.2) is 9.97 Å². The summed E-state index contributed by atoms with van der Waals surface area (Å²) >= 11 is 0. The van der Waals surface area contributed by atoms with Crippen LogP contribution in [0.2, 0.25) is 0 Å². The first kappa shape index (κ1) is 11.3. The van der Waals surface area contributed by atoms with Gasteiger partial charge in [0.2, 0.25) is 0 Å². The first-order valence-corrected chi connectivity index (χ1v) is 5.92. The van der Waals surface area contributed by atoms with Gasteiger partial charge in [-0.1, -0.05) is 30.3 Å². The Morgan fingerprint density at radius 3 is 2.56 bits per heavy atom. The molecule has 0 amide bonds. The number of nitrogens with zero attached hydrogens (tertiary/aromatic N) is 2. The summed E-state index contributed by atoms with van der Waals surface area (Å²) in [5.41, 5.74) is 1.51.